The average Bonchev–Trinajstić information content (AvgIpc) is 3.03. The van der Waals surface area contributed by atoms with E-state index in [9.17, 15) is 9.59 Å². The maximum atomic E-state index is 12.4. The van der Waals surface area contributed by atoms with E-state index in [2.05, 4.69) is 15.5 Å². The Morgan fingerprint density at radius 2 is 1.75 bits per heavy atom. The average molecular weight is 378 g/mol. The SMILES string of the molecule is Cc1ccc(-n2nc(C)c(C(=O)OCC(=O)Nc3ccccc3C)n2)c(C)c1. The van der Waals surface area contributed by atoms with Crippen LogP contribution in [0.3, 0.4) is 0 Å². The van der Waals surface area contributed by atoms with E-state index in [1.807, 2.05) is 57.2 Å². The number of amides is 1. The molecule has 1 N–H and O–H groups in total. The molecule has 0 atom stereocenters. The third kappa shape index (κ3) is 4.25. The number of aryl methyl sites for hydroxylation is 4. The summed E-state index contributed by atoms with van der Waals surface area (Å²) in [4.78, 5) is 25.8. The van der Waals surface area contributed by atoms with Gasteiger partial charge in [0.05, 0.1) is 11.4 Å². The lowest BCUT2D eigenvalue weighted by atomic mass is 10.1. The Balaban J connectivity index is 1.67. The highest BCUT2D eigenvalue weighted by Crippen LogP contribution is 2.16. The monoisotopic (exact) mass is 378 g/mol. The van der Waals surface area contributed by atoms with Gasteiger partial charge < -0.3 is 10.1 Å². The lowest BCUT2D eigenvalue weighted by Crippen LogP contribution is -2.21. The van der Waals surface area contributed by atoms with Crippen molar-refractivity contribution >= 4 is 17.6 Å². The third-order valence-corrected chi connectivity index (χ3v) is 4.30. The van der Waals surface area contributed by atoms with Gasteiger partial charge in [-0.3, -0.25) is 4.79 Å². The smallest absolute Gasteiger partial charge is 0.361 e. The van der Waals surface area contributed by atoms with Gasteiger partial charge in [-0.15, -0.1) is 5.10 Å². The Hall–Kier alpha value is -3.48. The summed E-state index contributed by atoms with van der Waals surface area (Å²) in [6.45, 7) is 7.12. The minimum absolute atomic E-state index is 0.0867. The van der Waals surface area contributed by atoms with Crippen LogP contribution in [0.2, 0.25) is 0 Å². The summed E-state index contributed by atoms with van der Waals surface area (Å²) in [5, 5.41) is 11.3. The number of aromatic nitrogens is 3. The van der Waals surface area contributed by atoms with Crippen molar-refractivity contribution in [3.63, 3.8) is 0 Å². The summed E-state index contributed by atoms with van der Waals surface area (Å²) in [6, 6.07) is 13.2. The molecule has 0 spiro atoms. The second-order valence-corrected chi connectivity index (χ2v) is 6.65. The quantitative estimate of drug-likeness (QED) is 0.689. The van der Waals surface area contributed by atoms with Crippen molar-refractivity contribution in [2.45, 2.75) is 27.7 Å². The number of hydrogen-bond donors (Lipinski definition) is 1. The number of para-hydroxylation sites is 1. The number of benzene rings is 2. The Morgan fingerprint density at radius 1 is 1.00 bits per heavy atom. The molecule has 3 rings (SSSR count). The summed E-state index contributed by atoms with van der Waals surface area (Å²) < 4.78 is 5.11. The molecule has 0 radical (unpaired) electrons. The zero-order valence-electron chi connectivity index (χ0n) is 16.3. The van der Waals surface area contributed by atoms with Gasteiger partial charge in [-0.2, -0.15) is 9.90 Å². The third-order valence-electron chi connectivity index (χ3n) is 4.30. The normalized spacial score (nSPS) is 10.6. The van der Waals surface area contributed by atoms with Crippen LogP contribution in [0.5, 0.6) is 0 Å². The van der Waals surface area contributed by atoms with Gasteiger partial charge in [-0.25, -0.2) is 4.79 Å². The Kier molecular flexibility index (Phi) is 5.54. The van der Waals surface area contributed by atoms with Gasteiger partial charge >= 0.3 is 5.97 Å². The standard InChI is InChI=1S/C21H22N4O3/c1-13-9-10-18(15(3)11-13)25-23-16(4)20(24-25)21(27)28-12-19(26)22-17-8-6-5-7-14(17)2/h5-11H,12H2,1-4H3,(H,22,26). The lowest BCUT2D eigenvalue weighted by Gasteiger charge is -2.08. The molecule has 1 aromatic heterocycles. The van der Waals surface area contributed by atoms with E-state index >= 15 is 0 Å². The van der Waals surface area contributed by atoms with Crippen molar-refractivity contribution in [2.75, 3.05) is 11.9 Å². The minimum atomic E-state index is -0.687. The summed E-state index contributed by atoms with van der Waals surface area (Å²) in [5.74, 6) is -1.10. The van der Waals surface area contributed by atoms with E-state index in [0.717, 1.165) is 22.4 Å². The fraction of sp³-hybridized carbons (Fsp3) is 0.238. The fourth-order valence-electron chi connectivity index (χ4n) is 2.80. The molecular weight excluding hydrogens is 356 g/mol. The van der Waals surface area contributed by atoms with Gasteiger partial charge in [0.25, 0.3) is 5.91 Å². The summed E-state index contributed by atoms with van der Waals surface area (Å²) >= 11 is 0. The highest BCUT2D eigenvalue weighted by molar-refractivity contribution is 5.95. The number of ether oxygens (including phenoxy) is 1. The zero-order chi connectivity index (χ0) is 20.3. The van der Waals surface area contributed by atoms with E-state index in [1.54, 1.807) is 13.0 Å². The predicted octanol–water partition coefficient (Wildman–Crippen LogP) is 3.30. The number of esters is 1. The largest absolute Gasteiger partial charge is 0.451 e. The molecule has 7 heteroatoms. The number of nitrogens with zero attached hydrogens (tertiary/aromatic N) is 3. The molecule has 0 aliphatic carbocycles. The van der Waals surface area contributed by atoms with Crippen LogP contribution in [0.25, 0.3) is 5.69 Å². The van der Waals surface area contributed by atoms with Gasteiger partial charge in [0.15, 0.2) is 12.3 Å². The topological polar surface area (TPSA) is 86.1 Å². The number of nitrogens with one attached hydrogen (secondary N) is 1. The van der Waals surface area contributed by atoms with E-state index in [4.69, 9.17) is 4.74 Å². The van der Waals surface area contributed by atoms with Gasteiger partial charge in [-0.1, -0.05) is 35.9 Å². The summed E-state index contributed by atoms with van der Waals surface area (Å²) in [7, 11) is 0. The Morgan fingerprint density at radius 3 is 2.46 bits per heavy atom. The molecule has 0 saturated carbocycles. The first-order valence-corrected chi connectivity index (χ1v) is 8.89. The van der Waals surface area contributed by atoms with E-state index < -0.39 is 18.5 Å². The highest BCUT2D eigenvalue weighted by atomic mass is 16.5. The molecule has 1 amide bonds. The van der Waals surface area contributed by atoms with Gasteiger partial charge in [0.2, 0.25) is 0 Å². The number of carbonyl (C=O) groups is 2. The molecule has 144 valence electrons. The first-order valence-electron chi connectivity index (χ1n) is 8.89. The van der Waals surface area contributed by atoms with Crippen LogP contribution >= 0.6 is 0 Å². The van der Waals surface area contributed by atoms with Crippen molar-refractivity contribution < 1.29 is 14.3 Å². The molecule has 0 unspecified atom stereocenters. The molecule has 0 fully saturated rings. The maximum absolute atomic E-state index is 12.4. The van der Waals surface area contributed by atoms with Gasteiger partial charge in [0, 0.05) is 5.69 Å². The molecule has 0 bridgehead atoms. The van der Waals surface area contributed by atoms with E-state index in [0.29, 0.717) is 11.4 Å². The minimum Gasteiger partial charge on any atom is -0.451 e. The summed E-state index contributed by atoms with van der Waals surface area (Å²) in [5.41, 5.74) is 5.03. The lowest BCUT2D eigenvalue weighted by molar-refractivity contribution is -0.119. The number of carbonyl (C=O) groups excluding carboxylic acids is 2. The molecule has 3 aromatic rings. The van der Waals surface area contributed by atoms with Crippen LogP contribution in [0.1, 0.15) is 32.9 Å². The van der Waals surface area contributed by atoms with Crippen LogP contribution in [-0.2, 0) is 9.53 Å². The van der Waals surface area contributed by atoms with Crippen molar-refractivity contribution in [2.24, 2.45) is 0 Å². The van der Waals surface area contributed by atoms with Crippen molar-refractivity contribution in [1.82, 2.24) is 15.0 Å². The molecular formula is C21H22N4O3. The first-order chi connectivity index (χ1) is 13.3. The predicted molar refractivity (Wildman–Crippen MR) is 106 cm³/mol. The number of hydrogen-bond acceptors (Lipinski definition) is 5. The second kappa shape index (κ2) is 8.04. The zero-order valence-corrected chi connectivity index (χ0v) is 16.3. The van der Waals surface area contributed by atoms with Crippen LogP contribution in [0.15, 0.2) is 42.5 Å². The second-order valence-electron chi connectivity index (χ2n) is 6.65. The van der Waals surface area contributed by atoms with Crippen molar-refractivity contribution in [3.8, 4) is 5.69 Å². The van der Waals surface area contributed by atoms with E-state index in [-0.39, 0.29) is 5.69 Å². The van der Waals surface area contributed by atoms with Gasteiger partial charge in [0.1, 0.15) is 0 Å². The number of anilines is 1. The molecule has 0 aliphatic rings. The fourth-order valence-corrected chi connectivity index (χ4v) is 2.80. The van der Waals surface area contributed by atoms with E-state index in [1.165, 1.54) is 4.80 Å². The van der Waals surface area contributed by atoms with Crippen molar-refractivity contribution in [3.05, 3.63) is 70.5 Å². The molecule has 0 aliphatic heterocycles. The maximum Gasteiger partial charge on any atom is 0.361 e. The van der Waals surface area contributed by atoms with Crippen LogP contribution in [0.4, 0.5) is 5.69 Å². The van der Waals surface area contributed by atoms with Crippen LogP contribution in [-0.4, -0.2) is 33.5 Å². The van der Waals surface area contributed by atoms with Crippen LogP contribution < -0.4 is 5.32 Å². The molecule has 1 heterocycles. The molecule has 2 aromatic carbocycles. The highest BCUT2D eigenvalue weighted by Gasteiger charge is 2.19. The Bertz CT molecular complexity index is 1040. The molecule has 0 saturated heterocycles. The molecule has 28 heavy (non-hydrogen) atoms. The molecule has 7 nitrogen and oxygen atoms in total. The van der Waals surface area contributed by atoms with Crippen LogP contribution in [0, 0.1) is 27.7 Å². The summed E-state index contributed by atoms with van der Waals surface area (Å²) in [6.07, 6.45) is 0. The van der Waals surface area contributed by atoms with Gasteiger partial charge in [-0.05, 0) is 51.0 Å². The van der Waals surface area contributed by atoms with Crippen molar-refractivity contribution in [1.29, 1.82) is 0 Å². The Labute approximate surface area is 163 Å². The first kappa shape index (κ1) is 19.3. The number of rotatable bonds is 5.